The molecule has 0 aliphatic carbocycles. The van der Waals surface area contributed by atoms with Crippen molar-refractivity contribution < 1.29 is 0 Å². The Kier molecular flexibility index (Phi) is 5.21. The van der Waals surface area contributed by atoms with Gasteiger partial charge in [0, 0.05) is 41.2 Å². The van der Waals surface area contributed by atoms with Crippen molar-refractivity contribution in [1.29, 1.82) is 0 Å². The molecule has 0 atom stereocenters. The molecule has 0 amide bonds. The highest BCUT2D eigenvalue weighted by Gasteiger charge is 2.04. The van der Waals surface area contributed by atoms with Crippen LogP contribution in [0.5, 0.6) is 0 Å². The lowest BCUT2D eigenvalue weighted by molar-refractivity contribution is 0.982. The van der Waals surface area contributed by atoms with E-state index in [1.54, 1.807) is 18.2 Å². The standard InChI is InChI=1S/C17H16Cl2N6/c1-25(2)15-5-3-13(4-6-15)22-17-23-16(10-20-24-17)21-14-8-11(18)7-12(19)9-14/h3-10H,1-2H3,(H2,21,22,23,24). The summed E-state index contributed by atoms with van der Waals surface area (Å²) in [6, 6.07) is 13.1. The first kappa shape index (κ1) is 17.3. The summed E-state index contributed by atoms with van der Waals surface area (Å²) < 4.78 is 0. The van der Waals surface area contributed by atoms with E-state index in [0.717, 1.165) is 17.1 Å². The van der Waals surface area contributed by atoms with Crippen LogP contribution in [-0.2, 0) is 0 Å². The molecule has 3 rings (SSSR count). The Morgan fingerprint density at radius 1 is 0.880 bits per heavy atom. The first-order chi connectivity index (χ1) is 12.0. The normalized spacial score (nSPS) is 10.4. The molecule has 2 aromatic carbocycles. The monoisotopic (exact) mass is 374 g/mol. The van der Waals surface area contributed by atoms with Gasteiger partial charge in [0.15, 0.2) is 5.82 Å². The number of hydrogen-bond donors (Lipinski definition) is 2. The maximum absolute atomic E-state index is 6.00. The maximum atomic E-state index is 6.00. The van der Waals surface area contributed by atoms with Crippen molar-refractivity contribution in [3.63, 3.8) is 0 Å². The number of halogens is 2. The van der Waals surface area contributed by atoms with E-state index < -0.39 is 0 Å². The van der Waals surface area contributed by atoms with E-state index in [2.05, 4.69) is 25.8 Å². The molecule has 1 heterocycles. The van der Waals surface area contributed by atoms with Gasteiger partial charge in [-0.25, -0.2) is 0 Å². The van der Waals surface area contributed by atoms with Gasteiger partial charge in [-0.1, -0.05) is 23.2 Å². The summed E-state index contributed by atoms with van der Waals surface area (Å²) in [5.74, 6) is 0.913. The van der Waals surface area contributed by atoms with Crippen LogP contribution < -0.4 is 15.5 Å². The van der Waals surface area contributed by atoms with Gasteiger partial charge < -0.3 is 15.5 Å². The second kappa shape index (κ2) is 7.55. The zero-order chi connectivity index (χ0) is 17.8. The molecule has 8 heteroatoms. The van der Waals surface area contributed by atoms with E-state index in [1.165, 1.54) is 6.20 Å². The summed E-state index contributed by atoms with van der Waals surface area (Å²) in [7, 11) is 3.99. The smallest absolute Gasteiger partial charge is 0.249 e. The van der Waals surface area contributed by atoms with Crippen LogP contribution in [0.3, 0.4) is 0 Å². The van der Waals surface area contributed by atoms with Crippen LogP contribution in [0.25, 0.3) is 0 Å². The first-order valence-electron chi connectivity index (χ1n) is 7.47. The molecular formula is C17H16Cl2N6. The number of nitrogens with zero attached hydrogens (tertiary/aromatic N) is 4. The van der Waals surface area contributed by atoms with Crippen LogP contribution in [-0.4, -0.2) is 29.3 Å². The molecule has 25 heavy (non-hydrogen) atoms. The van der Waals surface area contributed by atoms with Gasteiger partial charge in [0.05, 0.1) is 6.20 Å². The molecule has 1 aromatic heterocycles. The van der Waals surface area contributed by atoms with Gasteiger partial charge in [0.2, 0.25) is 5.95 Å². The molecule has 0 aliphatic rings. The number of nitrogens with one attached hydrogen (secondary N) is 2. The first-order valence-corrected chi connectivity index (χ1v) is 8.22. The van der Waals surface area contributed by atoms with Crippen LogP contribution in [0.2, 0.25) is 10.0 Å². The quantitative estimate of drug-likeness (QED) is 0.672. The summed E-state index contributed by atoms with van der Waals surface area (Å²) in [6.45, 7) is 0. The molecule has 0 radical (unpaired) electrons. The third-order valence-electron chi connectivity index (χ3n) is 3.33. The highest BCUT2D eigenvalue weighted by atomic mass is 35.5. The van der Waals surface area contributed by atoms with Gasteiger partial charge in [0.1, 0.15) is 0 Å². The Labute approximate surface area is 155 Å². The third kappa shape index (κ3) is 4.71. The summed E-state index contributed by atoms with van der Waals surface area (Å²) in [4.78, 5) is 6.42. The molecule has 0 spiro atoms. The summed E-state index contributed by atoms with van der Waals surface area (Å²) >= 11 is 12.0. The van der Waals surface area contributed by atoms with E-state index in [1.807, 2.05) is 43.3 Å². The Morgan fingerprint density at radius 2 is 1.56 bits per heavy atom. The molecule has 2 N–H and O–H groups in total. The summed E-state index contributed by atoms with van der Waals surface area (Å²) in [5.41, 5.74) is 2.70. The molecule has 3 aromatic rings. The fourth-order valence-electron chi connectivity index (χ4n) is 2.16. The van der Waals surface area contributed by atoms with Crippen molar-refractivity contribution in [1.82, 2.24) is 15.2 Å². The van der Waals surface area contributed by atoms with Crippen LogP contribution in [0.1, 0.15) is 0 Å². The van der Waals surface area contributed by atoms with Crippen LogP contribution in [0.4, 0.5) is 28.8 Å². The number of anilines is 5. The number of rotatable bonds is 5. The van der Waals surface area contributed by atoms with E-state index in [0.29, 0.717) is 21.8 Å². The molecule has 0 saturated heterocycles. The van der Waals surface area contributed by atoms with Crippen molar-refractivity contribution in [2.45, 2.75) is 0 Å². The number of hydrogen-bond acceptors (Lipinski definition) is 6. The minimum absolute atomic E-state index is 0.385. The van der Waals surface area contributed by atoms with Crippen molar-refractivity contribution in [3.05, 3.63) is 58.7 Å². The third-order valence-corrected chi connectivity index (χ3v) is 3.77. The zero-order valence-corrected chi connectivity index (χ0v) is 15.2. The minimum atomic E-state index is 0.385. The maximum Gasteiger partial charge on any atom is 0.249 e. The average Bonchev–Trinajstić information content (AvgIpc) is 2.54. The predicted molar refractivity (Wildman–Crippen MR) is 104 cm³/mol. The van der Waals surface area contributed by atoms with Crippen molar-refractivity contribution >= 4 is 52.0 Å². The highest BCUT2D eigenvalue weighted by molar-refractivity contribution is 6.35. The lowest BCUT2D eigenvalue weighted by Gasteiger charge is -2.13. The lowest BCUT2D eigenvalue weighted by Crippen LogP contribution is -2.08. The van der Waals surface area contributed by atoms with Gasteiger partial charge >= 0.3 is 0 Å². The van der Waals surface area contributed by atoms with Crippen LogP contribution >= 0.6 is 23.2 Å². The molecule has 0 fully saturated rings. The van der Waals surface area contributed by atoms with Crippen LogP contribution in [0, 0.1) is 0 Å². The molecular weight excluding hydrogens is 359 g/mol. The SMILES string of the molecule is CN(C)c1ccc(Nc2nncc(Nc3cc(Cl)cc(Cl)c3)n2)cc1. The second-order valence-electron chi connectivity index (χ2n) is 5.51. The van der Waals surface area contributed by atoms with E-state index in [4.69, 9.17) is 23.2 Å². The fraction of sp³-hybridized carbons (Fsp3) is 0.118. The number of benzene rings is 2. The molecule has 6 nitrogen and oxygen atoms in total. The van der Waals surface area contributed by atoms with Crippen molar-refractivity contribution in [2.75, 3.05) is 29.6 Å². The molecule has 0 unspecified atom stereocenters. The Bertz CT molecular complexity index is 847. The van der Waals surface area contributed by atoms with Gasteiger partial charge in [0.25, 0.3) is 0 Å². The van der Waals surface area contributed by atoms with Gasteiger partial charge in [-0.05, 0) is 42.5 Å². The summed E-state index contributed by atoms with van der Waals surface area (Å²) in [6.07, 6.45) is 1.52. The lowest BCUT2D eigenvalue weighted by atomic mass is 10.2. The van der Waals surface area contributed by atoms with Crippen LogP contribution in [0.15, 0.2) is 48.7 Å². The zero-order valence-electron chi connectivity index (χ0n) is 13.7. The van der Waals surface area contributed by atoms with Gasteiger partial charge in [-0.2, -0.15) is 10.1 Å². The average molecular weight is 375 g/mol. The molecule has 0 aliphatic heterocycles. The number of aromatic nitrogens is 3. The Morgan fingerprint density at radius 3 is 2.20 bits per heavy atom. The van der Waals surface area contributed by atoms with E-state index in [-0.39, 0.29) is 0 Å². The van der Waals surface area contributed by atoms with Crippen molar-refractivity contribution in [3.8, 4) is 0 Å². The Balaban J connectivity index is 1.74. The topological polar surface area (TPSA) is 66.0 Å². The predicted octanol–water partition coefficient (Wildman–Crippen LogP) is 4.73. The molecule has 128 valence electrons. The Hall–Kier alpha value is -2.57. The van der Waals surface area contributed by atoms with Gasteiger partial charge in [-0.15, -0.1) is 5.10 Å². The van der Waals surface area contributed by atoms with E-state index >= 15 is 0 Å². The van der Waals surface area contributed by atoms with Crippen molar-refractivity contribution in [2.24, 2.45) is 0 Å². The largest absolute Gasteiger partial charge is 0.378 e. The molecule has 0 bridgehead atoms. The van der Waals surface area contributed by atoms with Gasteiger partial charge in [-0.3, -0.25) is 0 Å². The second-order valence-corrected chi connectivity index (χ2v) is 6.39. The molecule has 0 saturated carbocycles. The van der Waals surface area contributed by atoms with E-state index in [9.17, 15) is 0 Å². The fourth-order valence-corrected chi connectivity index (χ4v) is 2.69. The minimum Gasteiger partial charge on any atom is -0.378 e. The summed E-state index contributed by atoms with van der Waals surface area (Å²) in [5, 5.41) is 15.3. The highest BCUT2D eigenvalue weighted by Crippen LogP contribution is 2.25.